The van der Waals surface area contributed by atoms with Gasteiger partial charge >= 0.3 is 0 Å². The Morgan fingerprint density at radius 1 is 1.25 bits per heavy atom. The lowest BCUT2D eigenvalue weighted by Gasteiger charge is -2.22. The lowest BCUT2D eigenvalue weighted by Crippen LogP contribution is -2.24. The van der Waals surface area contributed by atoms with E-state index in [0.29, 0.717) is 5.92 Å². The summed E-state index contributed by atoms with van der Waals surface area (Å²) in [6, 6.07) is 9.62. The van der Waals surface area contributed by atoms with Gasteiger partial charge in [-0.2, -0.15) is 0 Å². The molecule has 1 aliphatic heterocycles. The summed E-state index contributed by atoms with van der Waals surface area (Å²) in [4.78, 5) is 11.1. The molecule has 0 amide bonds. The van der Waals surface area contributed by atoms with E-state index in [0.717, 1.165) is 43.1 Å². The van der Waals surface area contributed by atoms with Crippen molar-refractivity contribution in [2.24, 2.45) is 5.92 Å². The summed E-state index contributed by atoms with van der Waals surface area (Å²) in [5.74, 6) is 0.601. The van der Waals surface area contributed by atoms with Gasteiger partial charge < -0.3 is 10.1 Å². The summed E-state index contributed by atoms with van der Waals surface area (Å²) in [7, 11) is 0. The van der Waals surface area contributed by atoms with Crippen molar-refractivity contribution in [1.29, 1.82) is 0 Å². The van der Waals surface area contributed by atoms with E-state index >= 15 is 0 Å². The van der Waals surface area contributed by atoms with Crippen molar-refractivity contribution in [2.75, 3.05) is 25.1 Å². The van der Waals surface area contributed by atoms with Gasteiger partial charge in [-0.25, -0.2) is 0 Å². The SMILES string of the molecule is O=c1cc(-c2ccc(NCC3CCCOC3)cc2)[nH][nH]1. The normalized spacial score (nSPS) is 18.9. The predicted molar refractivity (Wildman–Crippen MR) is 78.9 cm³/mol. The molecule has 5 nitrogen and oxygen atoms in total. The average molecular weight is 273 g/mol. The number of aromatic amines is 2. The van der Waals surface area contributed by atoms with E-state index in [1.165, 1.54) is 6.42 Å². The highest BCUT2D eigenvalue weighted by atomic mass is 16.5. The van der Waals surface area contributed by atoms with Gasteiger partial charge in [-0.15, -0.1) is 0 Å². The summed E-state index contributed by atoms with van der Waals surface area (Å²) in [6.45, 7) is 2.70. The fourth-order valence-corrected chi connectivity index (χ4v) is 2.49. The second-order valence-electron chi connectivity index (χ2n) is 5.21. The molecule has 0 radical (unpaired) electrons. The van der Waals surface area contributed by atoms with Crippen LogP contribution in [-0.4, -0.2) is 30.0 Å². The fourth-order valence-electron chi connectivity index (χ4n) is 2.49. The van der Waals surface area contributed by atoms with Crippen molar-refractivity contribution >= 4 is 5.69 Å². The van der Waals surface area contributed by atoms with Gasteiger partial charge in [-0.1, -0.05) is 12.1 Å². The Labute approximate surface area is 117 Å². The maximum atomic E-state index is 11.1. The van der Waals surface area contributed by atoms with Crippen LogP contribution in [0.25, 0.3) is 11.3 Å². The highest BCUT2D eigenvalue weighted by molar-refractivity contribution is 5.62. The molecular weight excluding hydrogens is 254 g/mol. The summed E-state index contributed by atoms with van der Waals surface area (Å²) in [6.07, 6.45) is 2.39. The van der Waals surface area contributed by atoms with Crippen LogP contribution in [-0.2, 0) is 4.74 Å². The highest BCUT2D eigenvalue weighted by Gasteiger charge is 2.13. The molecule has 0 saturated carbocycles. The lowest BCUT2D eigenvalue weighted by atomic mass is 10.0. The van der Waals surface area contributed by atoms with Crippen molar-refractivity contribution < 1.29 is 4.74 Å². The molecule has 1 aromatic heterocycles. The minimum atomic E-state index is -0.112. The monoisotopic (exact) mass is 273 g/mol. The summed E-state index contributed by atoms with van der Waals surface area (Å²) < 4.78 is 5.47. The number of H-pyrrole nitrogens is 2. The Bertz CT molecular complexity index is 594. The van der Waals surface area contributed by atoms with Crippen molar-refractivity contribution in [1.82, 2.24) is 10.2 Å². The van der Waals surface area contributed by atoms with Crippen LogP contribution in [0.2, 0.25) is 0 Å². The number of hydrogen-bond donors (Lipinski definition) is 3. The molecule has 5 heteroatoms. The molecule has 1 unspecified atom stereocenters. The molecule has 3 rings (SSSR count). The van der Waals surface area contributed by atoms with Gasteiger partial charge in [0.25, 0.3) is 5.56 Å². The van der Waals surface area contributed by atoms with E-state index in [-0.39, 0.29) is 5.56 Å². The number of benzene rings is 1. The number of nitrogens with one attached hydrogen (secondary N) is 3. The maximum Gasteiger partial charge on any atom is 0.264 e. The van der Waals surface area contributed by atoms with Crippen LogP contribution < -0.4 is 10.9 Å². The van der Waals surface area contributed by atoms with Gasteiger partial charge in [0.05, 0.1) is 12.3 Å². The third-order valence-corrected chi connectivity index (χ3v) is 3.64. The smallest absolute Gasteiger partial charge is 0.264 e. The van der Waals surface area contributed by atoms with E-state index in [2.05, 4.69) is 15.5 Å². The van der Waals surface area contributed by atoms with Gasteiger partial charge in [0.1, 0.15) is 0 Å². The maximum absolute atomic E-state index is 11.1. The largest absolute Gasteiger partial charge is 0.385 e. The molecule has 2 aromatic rings. The van der Waals surface area contributed by atoms with Crippen molar-refractivity contribution in [3.63, 3.8) is 0 Å². The topological polar surface area (TPSA) is 69.9 Å². The molecule has 1 aliphatic rings. The number of anilines is 1. The van der Waals surface area contributed by atoms with Crippen LogP contribution in [0.5, 0.6) is 0 Å². The third kappa shape index (κ3) is 3.11. The standard InChI is InChI=1S/C15H19N3O2/c19-15-8-14(17-18-15)12-3-5-13(6-4-12)16-9-11-2-1-7-20-10-11/h3-6,8,11,16H,1-2,7,9-10H2,(H2,17,18,19). The quantitative estimate of drug-likeness (QED) is 0.800. The second kappa shape index (κ2) is 5.96. The molecule has 0 bridgehead atoms. The third-order valence-electron chi connectivity index (χ3n) is 3.64. The molecule has 1 atom stereocenters. The number of ether oxygens (including phenoxy) is 1. The fraction of sp³-hybridized carbons (Fsp3) is 0.400. The Morgan fingerprint density at radius 3 is 2.75 bits per heavy atom. The van der Waals surface area contributed by atoms with E-state index < -0.39 is 0 Å². The van der Waals surface area contributed by atoms with E-state index in [1.807, 2.05) is 24.3 Å². The minimum Gasteiger partial charge on any atom is -0.385 e. The van der Waals surface area contributed by atoms with Crippen molar-refractivity contribution in [3.8, 4) is 11.3 Å². The zero-order valence-corrected chi connectivity index (χ0v) is 11.3. The molecule has 2 heterocycles. The van der Waals surface area contributed by atoms with Crippen LogP contribution in [0.3, 0.4) is 0 Å². The van der Waals surface area contributed by atoms with Gasteiger partial charge in [-0.3, -0.25) is 15.0 Å². The number of aromatic nitrogens is 2. The molecule has 0 spiro atoms. The summed E-state index contributed by atoms with van der Waals surface area (Å²) >= 11 is 0. The molecule has 1 aromatic carbocycles. The van der Waals surface area contributed by atoms with E-state index in [1.54, 1.807) is 6.07 Å². The minimum absolute atomic E-state index is 0.112. The molecule has 1 fully saturated rings. The Balaban J connectivity index is 1.59. The van der Waals surface area contributed by atoms with Crippen LogP contribution in [0.15, 0.2) is 35.1 Å². The predicted octanol–water partition coefficient (Wildman–Crippen LogP) is 2.21. The van der Waals surface area contributed by atoms with Crippen molar-refractivity contribution in [2.45, 2.75) is 12.8 Å². The first-order valence-corrected chi connectivity index (χ1v) is 7.01. The van der Waals surface area contributed by atoms with Gasteiger partial charge in [-0.05, 0) is 36.5 Å². The Kier molecular flexibility index (Phi) is 3.87. The van der Waals surface area contributed by atoms with Gasteiger partial charge in [0.2, 0.25) is 0 Å². The first kappa shape index (κ1) is 13.0. The zero-order valence-electron chi connectivity index (χ0n) is 11.3. The highest BCUT2D eigenvalue weighted by Crippen LogP contribution is 2.19. The van der Waals surface area contributed by atoms with E-state index in [4.69, 9.17) is 4.74 Å². The summed E-state index contributed by atoms with van der Waals surface area (Å²) in [5, 5.41) is 8.83. The molecule has 0 aliphatic carbocycles. The number of hydrogen-bond acceptors (Lipinski definition) is 3. The molecule has 106 valence electrons. The first-order chi connectivity index (χ1) is 9.81. The first-order valence-electron chi connectivity index (χ1n) is 7.01. The van der Waals surface area contributed by atoms with Crippen LogP contribution >= 0.6 is 0 Å². The molecule has 1 saturated heterocycles. The van der Waals surface area contributed by atoms with Crippen LogP contribution in [0.4, 0.5) is 5.69 Å². The zero-order chi connectivity index (χ0) is 13.8. The van der Waals surface area contributed by atoms with Gasteiger partial charge in [0.15, 0.2) is 0 Å². The second-order valence-corrected chi connectivity index (χ2v) is 5.21. The Hall–Kier alpha value is -2.01. The molecule has 3 N–H and O–H groups in total. The van der Waals surface area contributed by atoms with Gasteiger partial charge in [0, 0.05) is 24.9 Å². The van der Waals surface area contributed by atoms with E-state index in [9.17, 15) is 4.79 Å². The Morgan fingerprint density at radius 2 is 2.10 bits per heavy atom. The van der Waals surface area contributed by atoms with Crippen molar-refractivity contribution in [3.05, 3.63) is 40.7 Å². The number of rotatable bonds is 4. The average Bonchev–Trinajstić information content (AvgIpc) is 2.93. The molecular formula is C15H19N3O2. The molecule has 20 heavy (non-hydrogen) atoms. The van der Waals surface area contributed by atoms with Crippen LogP contribution in [0, 0.1) is 5.92 Å². The summed E-state index contributed by atoms with van der Waals surface area (Å²) in [5.41, 5.74) is 2.79. The van der Waals surface area contributed by atoms with Crippen LogP contribution in [0.1, 0.15) is 12.8 Å². The lowest BCUT2D eigenvalue weighted by molar-refractivity contribution is 0.0595.